The Hall–Kier alpha value is -0.363. The summed E-state index contributed by atoms with van der Waals surface area (Å²) in [4.78, 5) is 0. The Labute approximate surface area is 80.8 Å². The van der Waals surface area contributed by atoms with Crippen LogP contribution in [0.15, 0.2) is 12.3 Å². The molecular weight excluding hydrogens is 188 g/mol. The van der Waals surface area contributed by atoms with E-state index in [9.17, 15) is 0 Å². The standard InChI is InChI=1S/C8H18O4Si/c1-5-6-12-7-8-13(9-2,10-3)11-4/h5-6H,7-8H2,1-4H3. The van der Waals surface area contributed by atoms with Crippen LogP contribution in [0.4, 0.5) is 0 Å². The Morgan fingerprint density at radius 3 is 2.00 bits per heavy atom. The molecule has 0 aliphatic heterocycles. The van der Waals surface area contributed by atoms with Gasteiger partial charge in [0.15, 0.2) is 0 Å². The van der Waals surface area contributed by atoms with Crippen LogP contribution in [0.5, 0.6) is 0 Å². The van der Waals surface area contributed by atoms with Crippen LogP contribution in [0.2, 0.25) is 6.04 Å². The first-order chi connectivity index (χ1) is 6.24. The van der Waals surface area contributed by atoms with Crippen molar-refractivity contribution in [2.75, 3.05) is 27.9 Å². The van der Waals surface area contributed by atoms with Gasteiger partial charge >= 0.3 is 8.80 Å². The van der Waals surface area contributed by atoms with Crippen molar-refractivity contribution >= 4 is 8.80 Å². The minimum atomic E-state index is -2.43. The van der Waals surface area contributed by atoms with Crippen molar-refractivity contribution in [3.05, 3.63) is 12.3 Å². The summed E-state index contributed by atoms with van der Waals surface area (Å²) in [5.41, 5.74) is 0. The van der Waals surface area contributed by atoms with Gasteiger partial charge in [0.05, 0.1) is 18.9 Å². The second-order valence-corrected chi connectivity index (χ2v) is 5.48. The molecule has 0 spiro atoms. The predicted octanol–water partition coefficient (Wildman–Crippen LogP) is 1.41. The molecule has 5 heteroatoms. The highest BCUT2D eigenvalue weighted by Crippen LogP contribution is 2.12. The fraction of sp³-hybridized carbons (Fsp3) is 0.750. The lowest BCUT2D eigenvalue weighted by atomic mass is 10.7. The Bertz CT molecular complexity index is 137. The largest absolute Gasteiger partial charge is 0.503 e. The van der Waals surface area contributed by atoms with E-state index in [4.69, 9.17) is 18.0 Å². The van der Waals surface area contributed by atoms with Crippen LogP contribution in [0.25, 0.3) is 0 Å². The van der Waals surface area contributed by atoms with E-state index < -0.39 is 8.80 Å². The summed E-state index contributed by atoms with van der Waals surface area (Å²) in [6.45, 7) is 2.44. The Morgan fingerprint density at radius 2 is 1.62 bits per heavy atom. The molecule has 4 nitrogen and oxygen atoms in total. The molecule has 0 aliphatic carbocycles. The van der Waals surface area contributed by atoms with Gasteiger partial charge in [0, 0.05) is 21.3 Å². The van der Waals surface area contributed by atoms with Crippen molar-refractivity contribution in [1.82, 2.24) is 0 Å². The molecular formula is C8H18O4Si. The molecule has 0 bridgehead atoms. The van der Waals surface area contributed by atoms with Gasteiger partial charge < -0.3 is 18.0 Å². The molecule has 0 amide bonds. The Morgan fingerprint density at radius 1 is 1.08 bits per heavy atom. The maximum absolute atomic E-state index is 5.21. The number of ether oxygens (including phenoxy) is 1. The number of hydrogen-bond acceptors (Lipinski definition) is 4. The molecule has 0 N–H and O–H groups in total. The van der Waals surface area contributed by atoms with Crippen molar-refractivity contribution in [3.8, 4) is 0 Å². The van der Waals surface area contributed by atoms with Crippen molar-refractivity contribution in [3.63, 3.8) is 0 Å². The zero-order chi connectivity index (χ0) is 10.2. The second kappa shape index (κ2) is 7.08. The van der Waals surface area contributed by atoms with E-state index in [1.807, 2.05) is 13.0 Å². The fourth-order valence-electron chi connectivity index (χ4n) is 0.904. The molecule has 0 radical (unpaired) electrons. The van der Waals surface area contributed by atoms with E-state index >= 15 is 0 Å². The monoisotopic (exact) mass is 206 g/mol. The molecule has 0 atom stereocenters. The highest BCUT2D eigenvalue weighted by Gasteiger charge is 2.37. The maximum atomic E-state index is 5.21. The van der Waals surface area contributed by atoms with Crippen LogP contribution in [0, 0.1) is 0 Å². The van der Waals surface area contributed by atoms with Gasteiger partial charge in [-0.05, 0) is 6.92 Å². The smallest absolute Gasteiger partial charge is 0.502 e. The van der Waals surface area contributed by atoms with E-state index in [0.29, 0.717) is 12.7 Å². The SMILES string of the molecule is CC=COCC[Si](OC)(OC)OC. The molecule has 0 aromatic heterocycles. The molecule has 0 aromatic carbocycles. The predicted molar refractivity (Wildman–Crippen MR) is 52.4 cm³/mol. The summed E-state index contributed by atoms with van der Waals surface area (Å²) in [5, 5.41) is 0. The Kier molecular flexibility index (Phi) is 6.88. The molecule has 78 valence electrons. The summed E-state index contributed by atoms with van der Waals surface area (Å²) in [6, 6.07) is 0.654. The van der Waals surface area contributed by atoms with Gasteiger partial charge in [0.1, 0.15) is 0 Å². The summed E-state index contributed by atoms with van der Waals surface area (Å²) in [7, 11) is 2.35. The molecule has 0 fully saturated rings. The normalized spacial score (nSPS) is 12.3. The number of allylic oxidation sites excluding steroid dienone is 1. The fourth-order valence-corrected chi connectivity index (χ4v) is 2.38. The molecule has 0 aromatic rings. The molecule has 0 aliphatic rings. The zero-order valence-corrected chi connectivity index (χ0v) is 9.70. The topological polar surface area (TPSA) is 36.9 Å². The van der Waals surface area contributed by atoms with Gasteiger partial charge in [-0.2, -0.15) is 0 Å². The van der Waals surface area contributed by atoms with Gasteiger partial charge in [0.25, 0.3) is 0 Å². The molecule has 0 saturated carbocycles. The first-order valence-electron chi connectivity index (χ1n) is 4.13. The van der Waals surface area contributed by atoms with Gasteiger partial charge in [-0.25, -0.2) is 0 Å². The zero-order valence-electron chi connectivity index (χ0n) is 8.70. The van der Waals surface area contributed by atoms with E-state index in [1.54, 1.807) is 27.6 Å². The van der Waals surface area contributed by atoms with Crippen LogP contribution in [-0.2, 0) is 18.0 Å². The van der Waals surface area contributed by atoms with Crippen molar-refractivity contribution < 1.29 is 18.0 Å². The average molecular weight is 206 g/mol. The van der Waals surface area contributed by atoms with Gasteiger partial charge in [-0.15, -0.1) is 0 Å². The van der Waals surface area contributed by atoms with Gasteiger partial charge in [0.2, 0.25) is 0 Å². The molecule has 0 rings (SSSR count). The highest BCUT2D eigenvalue weighted by molar-refractivity contribution is 6.60. The van der Waals surface area contributed by atoms with E-state index in [2.05, 4.69) is 0 Å². The van der Waals surface area contributed by atoms with Crippen molar-refractivity contribution in [2.45, 2.75) is 13.0 Å². The number of rotatable bonds is 7. The first-order valence-corrected chi connectivity index (χ1v) is 6.06. The quantitative estimate of drug-likeness (QED) is 0.358. The van der Waals surface area contributed by atoms with Crippen LogP contribution < -0.4 is 0 Å². The minimum Gasteiger partial charge on any atom is -0.502 e. The first kappa shape index (κ1) is 12.6. The van der Waals surface area contributed by atoms with Crippen molar-refractivity contribution in [1.29, 1.82) is 0 Å². The summed E-state index contributed by atoms with van der Waals surface area (Å²) < 4.78 is 20.8. The average Bonchev–Trinajstić information content (AvgIpc) is 2.20. The summed E-state index contributed by atoms with van der Waals surface area (Å²) >= 11 is 0. The molecule has 0 heterocycles. The van der Waals surface area contributed by atoms with Crippen LogP contribution in [-0.4, -0.2) is 36.7 Å². The molecule has 13 heavy (non-hydrogen) atoms. The third-order valence-corrected chi connectivity index (χ3v) is 4.37. The van der Waals surface area contributed by atoms with Crippen LogP contribution >= 0.6 is 0 Å². The molecule has 0 saturated heterocycles. The van der Waals surface area contributed by atoms with E-state index in [1.165, 1.54) is 0 Å². The van der Waals surface area contributed by atoms with E-state index in [0.717, 1.165) is 0 Å². The molecule has 0 unspecified atom stereocenters. The maximum Gasteiger partial charge on any atom is 0.503 e. The Balaban J connectivity index is 3.81. The van der Waals surface area contributed by atoms with Crippen molar-refractivity contribution in [2.24, 2.45) is 0 Å². The minimum absolute atomic E-state index is 0.548. The summed E-state index contributed by atoms with van der Waals surface area (Å²) in [5.74, 6) is 0. The van der Waals surface area contributed by atoms with E-state index in [-0.39, 0.29) is 0 Å². The summed E-state index contributed by atoms with van der Waals surface area (Å²) in [6.07, 6.45) is 3.47. The second-order valence-electron chi connectivity index (χ2n) is 2.39. The third kappa shape index (κ3) is 4.42. The third-order valence-electron chi connectivity index (χ3n) is 1.69. The lowest BCUT2D eigenvalue weighted by Gasteiger charge is -2.23. The highest BCUT2D eigenvalue weighted by atomic mass is 28.4. The van der Waals surface area contributed by atoms with Crippen LogP contribution in [0.1, 0.15) is 6.92 Å². The lowest BCUT2D eigenvalue weighted by molar-refractivity contribution is 0.114. The van der Waals surface area contributed by atoms with Gasteiger partial charge in [-0.1, -0.05) is 6.08 Å². The van der Waals surface area contributed by atoms with Gasteiger partial charge in [-0.3, -0.25) is 0 Å². The lowest BCUT2D eigenvalue weighted by Crippen LogP contribution is -2.43. The number of hydrogen-bond donors (Lipinski definition) is 0. The van der Waals surface area contributed by atoms with Crippen LogP contribution in [0.3, 0.4) is 0 Å².